The number of hydrogen-bond donors (Lipinski definition) is 2. The zero-order chi connectivity index (χ0) is 13.7. The molecular formula is C14H18N4O. The predicted molar refractivity (Wildman–Crippen MR) is 73.4 cm³/mol. The molecule has 0 radical (unpaired) electrons. The van der Waals surface area contributed by atoms with Crippen LogP contribution in [0.25, 0.3) is 0 Å². The number of nitrogens with one attached hydrogen (secondary N) is 1. The SMILES string of the molecule is CC(C)Oc1ccc(C(NN)c2ncccn2)cc1. The average molecular weight is 258 g/mol. The molecule has 5 heteroatoms. The van der Waals surface area contributed by atoms with E-state index in [0.29, 0.717) is 5.82 Å². The van der Waals surface area contributed by atoms with Gasteiger partial charge in [-0.2, -0.15) is 0 Å². The van der Waals surface area contributed by atoms with Gasteiger partial charge in [0.05, 0.1) is 6.10 Å². The summed E-state index contributed by atoms with van der Waals surface area (Å²) in [4.78, 5) is 8.42. The normalized spacial score (nSPS) is 12.4. The number of rotatable bonds is 5. The van der Waals surface area contributed by atoms with Crippen molar-refractivity contribution in [1.82, 2.24) is 15.4 Å². The van der Waals surface area contributed by atoms with Gasteiger partial charge in [0.25, 0.3) is 0 Å². The first-order valence-corrected chi connectivity index (χ1v) is 6.20. The van der Waals surface area contributed by atoms with E-state index in [4.69, 9.17) is 10.6 Å². The van der Waals surface area contributed by atoms with E-state index in [9.17, 15) is 0 Å². The van der Waals surface area contributed by atoms with Crippen molar-refractivity contribution in [3.05, 3.63) is 54.1 Å². The molecule has 0 aliphatic rings. The Bertz CT molecular complexity index is 499. The van der Waals surface area contributed by atoms with Crippen LogP contribution in [0.1, 0.15) is 31.3 Å². The molecule has 0 spiro atoms. The van der Waals surface area contributed by atoms with Crippen molar-refractivity contribution in [3.63, 3.8) is 0 Å². The molecule has 100 valence electrons. The lowest BCUT2D eigenvalue weighted by atomic mass is 10.1. The van der Waals surface area contributed by atoms with Gasteiger partial charge in [0.2, 0.25) is 0 Å². The maximum atomic E-state index is 5.61. The molecule has 0 aliphatic carbocycles. The lowest BCUT2D eigenvalue weighted by molar-refractivity contribution is 0.242. The van der Waals surface area contributed by atoms with Gasteiger partial charge in [-0.1, -0.05) is 12.1 Å². The van der Waals surface area contributed by atoms with E-state index in [2.05, 4.69) is 15.4 Å². The fourth-order valence-electron chi connectivity index (χ4n) is 1.79. The Balaban J connectivity index is 2.20. The van der Waals surface area contributed by atoms with Crippen LogP contribution in [0.3, 0.4) is 0 Å². The van der Waals surface area contributed by atoms with Crippen LogP contribution in [0.4, 0.5) is 0 Å². The number of hydrogen-bond acceptors (Lipinski definition) is 5. The van der Waals surface area contributed by atoms with Crippen molar-refractivity contribution >= 4 is 0 Å². The topological polar surface area (TPSA) is 73.1 Å². The minimum Gasteiger partial charge on any atom is -0.491 e. The fourth-order valence-corrected chi connectivity index (χ4v) is 1.79. The summed E-state index contributed by atoms with van der Waals surface area (Å²) in [5.74, 6) is 7.07. The number of hydrazine groups is 1. The first-order valence-electron chi connectivity index (χ1n) is 6.20. The Morgan fingerprint density at radius 2 is 1.74 bits per heavy atom. The van der Waals surface area contributed by atoms with E-state index in [1.54, 1.807) is 18.5 Å². The number of aromatic nitrogens is 2. The van der Waals surface area contributed by atoms with Crippen molar-refractivity contribution in [1.29, 1.82) is 0 Å². The lowest BCUT2D eigenvalue weighted by Crippen LogP contribution is -2.30. The van der Waals surface area contributed by atoms with Crippen molar-refractivity contribution in [2.45, 2.75) is 26.0 Å². The highest BCUT2D eigenvalue weighted by Gasteiger charge is 2.14. The van der Waals surface area contributed by atoms with Gasteiger partial charge in [-0.05, 0) is 37.6 Å². The molecule has 1 unspecified atom stereocenters. The molecule has 19 heavy (non-hydrogen) atoms. The summed E-state index contributed by atoms with van der Waals surface area (Å²) >= 11 is 0. The van der Waals surface area contributed by atoms with E-state index in [1.807, 2.05) is 38.1 Å². The third-order valence-electron chi connectivity index (χ3n) is 2.60. The first kappa shape index (κ1) is 13.5. The highest BCUT2D eigenvalue weighted by Crippen LogP contribution is 2.21. The molecule has 1 aromatic carbocycles. The monoisotopic (exact) mass is 258 g/mol. The van der Waals surface area contributed by atoms with E-state index < -0.39 is 0 Å². The Morgan fingerprint density at radius 3 is 2.26 bits per heavy atom. The smallest absolute Gasteiger partial charge is 0.150 e. The van der Waals surface area contributed by atoms with Gasteiger partial charge in [-0.25, -0.2) is 15.4 Å². The lowest BCUT2D eigenvalue weighted by Gasteiger charge is -2.16. The molecule has 0 bridgehead atoms. The summed E-state index contributed by atoms with van der Waals surface area (Å²) in [5.41, 5.74) is 3.72. The molecule has 0 saturated carbocycles. The highest BCUT2D eigenvalue weighted by molar-refractivity contribution is 5.31. The maximum Gasteiger partial charge on any atom is 0.150 e. The molecule has 0 amide bonds. The van der Waals surface area contributed by atoms with E-state index in [1.165, 1.54) is 0 Å². The number of benzene rings is 1. The Morgan fingerprint density at radius 1 is 1.11 bits per heavy atom. The van der Waals surface area contributed by atoms with Crippen LogP contribution in [0.5, 0.6) is 5.75 Å². The molecule has 2 rings (SSSR count). The summed E-state index contributed by atoms with van der Waals surface area (Å²) in [6.45, 7) is 3.99. The van der Waals surface area contributed by atoms with E-state index in [0.717, 1.165) is 11.3 Å². The van der Waals surface area contributed by atoms with Crippen LogP contribution in [0, 0.1) is 0 Å². The van der Waals surface area contributed by atoms with Gasteiger partial charge >= 0.3 is 0 Å². The minimum absolute atomic E-state index is 0.159. The van der Waals surface area contributed by atoms with Crippen molar-refractivity contribution in [2.75, 3.05) is 0 Å². The summed E-state index contributed by atoms with van der Waals surface area (Å²) in [6, 6.07) is 9.30. The summed E-state index contributed by atoms with van der Waals surface area (Å²) in [5, 5.41) is 0. The Kier molecular flexibility index (Phi) is 4.43. The quantitative estimate of drug-likeness (QED) is 0.632. The van der Waals surface area contributed by atoms with Gasteiger partial charge in [0.15, 0.2) is 5.82 Å². The van der Waals surface area contributed by atoms with Gasteiger partial charge in [0, 0.05) is 12.4 Å². The third-order valence-corrected chi connectivity index (χ3v) is 2.60. The molecule has 3 N–H and O–H groups in total. The molecule has 0 aliphatic heterocycles. The van der Waals surface area contributed by atoms with Crippen molar-refractivity contribution < 1.29 is 4.74 Å². The molecule has 0 fully saturated rings. The van der Waals surface area contributed by atoms with Crippen LogP contribution < -0.4 is 16.0 Å². The summed E-state index contributed by atoms with van der Waals surface area (Å²) in [7, 11) is 0. The zero-order valence-corrected chi connectivity index (χ0v) is 11.1. The highest BCUT2D eigenvalue weighted by atomic mass is 16.5. The number of nitrogens with zero attached hydrogens (tertiary/aromatic N) is 2. The van der Waals surface area contributed by atoms with Crippen LogP contribution in [0.2, 0.25) is 0 Å². The second-order valence-corrected chi connectivity index (χ2v) is 4.44. The van der Waals surface area contributed by atoms with Crippen LogP contribution in [0.15, 0.2) is 42.7 Å². The predicted octanol–water partition coefficient (Wildman–Crippen LogP) is 1.82. The summed E-state index contributed by atoms with van der Waals surface area (Å²) < 4.78 is 5.61. The maximum absolute atomic E-state index is 5.61. The minimum atomic E-state index is -0.228. The molecule has 1 atom stereocenters. The van der Waals surface area contributed by atoms with Gasteiger partial charge in [0.1, 0.15) is 11.8 Å². The first-order chi connectivity index (χ1) is 9.20. The molecule has 1 heterocycles. The number of ether oxygens (including phenoxy) is 1. The van der Waals surface area contributed by atoms with E-state index >= 15 is 0 Å². The van der Waals surface area contributed by atoms with Crippen molar-refractivity contribution in [2.24, 2.45) is 5.84 Å². The molecule has 1 aromatic heterocycles. The van der Waals surface area contributed by atoms with Crippen molar-refractivity contribution in [3.8, 4) is 5.75 Å². The second kappa shape index (κ2) is 6.26. The number of nitrogens with two attached hydrogens (primary N) is 1. The van der Waals surface area contributed by atoms with Gasteiger partial charge in [-0.15, -0.1) is 0 Å². The average Bonchev–Trinajstić information content (AvgIpc) is 2.42. The fraction of sp³-hybridized carbons (Fsp3) is 0.286. The molecular weight excluding hydrogens is 240 g/mol. The van der Waals surface area contributed by atoms with Crippen LogP contribution in [-0.2, 0) is 0 Å². The van der Waals surface area contributed by atoms with E-state index in [-0.39, 0.29) is 12.1 Å². The third kappa shape index (κ3) is 3.49. The molecule has 2 aromatic rings. The largest absolute Gasteiger partial charge is 0.491 e. The Hall–Kier alpha value is -1.98. The van der Waals surface area contributed by atoms with Gasteiger partial charge < -0.3 is 4.74 Å². The molecule has 5 nitrogen and oxygen atoms in total. The molecule has 0 saturated heterocycles. The van der Waals surface area contributed by atoms with Crippen LogP contribution >= 0.6 is 0 Å². The van der Waals surface area contributed by atoms with Gasteiger partial charge in [-0.3, -0.25) is 5.84 Å². The summed E-state index contributed by atoms with van der Waals surface area (Å²) in [6.07, 6.45) is 3.55. The zero-order valence-electron chi connectivity index (χ0n) is 11.1. The second-order valence-electron chi connectivity index (χ2n) is 4.44. The standard InChI is InChI=1S/C14H18N4O/c1-10(2)19-12-6-4-11(5-7-12)13(18-15)14-16-8-3-9-17-14/h3-10,13,18H,15H2,1-2H3. The van der Waals surface area contributed by atoms with Crippen LogP contribution in [-0.4, -0.2) is 16.1 Å². The Labute approximate surface area is 112 Å².